The van der Waals surface area contributed by atoms with Crippen molar-refractivity contribution >= 4 is 17.7 Å². The zero-order valence-corrected chi connectivity index (χ0v) is 10.9. The molecule has 5 nitrogen and oxygen atoms in total. The maximum Gasteiger partial charge on any atom is 0.335 e. The quantitative estimate of drug-likeness (QED) is 0.763. The average molecular weight is 262 g/mol. The molecule has 3 N–H and O–H groups in total. The highest BCUT2D eigenvalue weighted by Gasteiger charge is 2.20. The van der Waals surface area contributed by atoms with Gasteiger partial charge in [-0.1, -0.05) is 12.8 Å². The Morgan fingerprint density at radius 2 is 2.11 bits per heavy atom. The lowest BCUT2D eigenvalue weighted by atomic mass is 10.1. The fourth-order valence-corrected chi connectivity index (χ4v) is 1.90. The summed E-state index contributed by atoms with van der Waals surface area (Å²) in [7, 11) is 0. The first-order valence-corrected chi connectivity index (χ1v) is 6.45. The number of hydrogen-bond acceptors (Lipinski definition) is 2. The van der Waals surface area contributed by atoms with E-state index in [0.717, 1.165) is 17.9 Å². The molecule has 1 aliphatic carbocycles. The van der Waals surface area contributed by atoms with Crippen molar-refractivity contribution in [2.45, 2.75) is 26.2 Å². The van der Waals surface area contributed by atoms with Crippen LogP contribution in [0.2, 0.25) is 0 Å². The van der Waals surface area contributed by atoms with Gasteiger partial charge in [0, 0.05) is 12.2 Å². The monoisotopic (exact) mass is 262 g/mol. The third kappa shape index (κ3) is 3.98. The molecule has 0 radical (unpaired) electrons. The zero-order valence-electron chi connectivity index (χ0n) is 10.9. The summed E-state index contributed by atoms with van der Waals surface area (Å²) in [6.07, 6.45) is 3.59. The maximum absolute atomic E-state index is 11.6. The van der Waals surface area contributed by atoms with Crippen LogP contribution in [-0.4, -0.2) is 23.7 Å². The van der Waals surface area contributed by atoms with Crippen LogP contribution in [0, 0.1) is 12.8 Å². The smallest absolute Gasteiger partial charge is 0.335 e. The second-order valence-electron chi connectivity index (χ2n) is 4.95. The van der Waals surface area contributed by atoms with Gasteiger partial charge in [-0.05, 0) is 43.0 Å². The summed E-state index contributed by atoms with van der Waals surface area (Å²) < 4.78 is 0. The Bertz CT molecular complexity index is 495. The van der Waals surface area contributed by atoms with Crippen LogP contribution in [0.5, 0.6) is 0 Å². The standard InChI is InChI=1S/C14H18N2O3/c1-9-8-11(13(17)18)4-5-12(9)16-14(19)15-7-6-10-2-3-10/h4-5,8,10H,2-3,6-7H2,1H3,(H,17,18)(H2,15,16,19). The van der Waals surface area contributed by atoms with Gasteiger partial charge in [-0.15, -0.1) is 0 Å². The van der Waals surface area contributed by atoms with Gasteiger partial charge in [-0.2, -0.15) is 0 Å². The lowest BCUT2D eigenvalue weighted by Crippen LogP contribution is -2.30. The van der Waals surface area contributed by atoms with Crippen molar-refractivity contribution in [1.82, 2.24) is 5.32 Å². The van der Waals surface area contributed by atoms with Gasteiger partial charge in [0.25, 0.3) is 0 Å². The molecule has 0 atom stereocenters. The largest absolute Gasteiger partial charge is 0.478 e. The van der Waals surface area contributed by atoms with Gasteiger partial charge in [0.2, 0.25) is 0 Å². The Balaban J connectivity index is 1.86. The highest BCUT2D eigenvalue weighted by atomic mass is 16.4. The molecule has 0 spiro atoms. The molecular formula is C14H18N2O3. The predicted octanol–water partition coefficient (Wildman–Crippen LogP) is 2.61. The summed E-state index contributed by atoms with van der Waals surface area (Å²) >= 11 is 0. The summed E-state index contributed by atoms with van der Waals surface area (Å²) in [4.78, 5) is 22.4. The Kier molecular flexibility index (Phi) is 4.04. The molecule has 0 bridgehead atoms. The molecule has 0 saturated heterocycles. The number of carboxylic acid groups (broad SMARTS) is 1. The van der Waals surface area contributed by atoms with Crippen molar-refractivity contribution in [2.24, 2.45) is 5.92 Å². The van der Waals surface area contributed by atoms with E-state index < -0.39 is 5.97 Å². The number of nitrogens with one attached hydrogen (secondary N) is 2. The van der Waals surface area contributed by atoms with Gasteiger partial charge in [0.1, 0.15) is 0 Å². The van der Waals surface area contributed by atoms with Gasteiger partial charge < -0.3 is 15.7 Å². The SMILES string of the molecule is Cc1cc(C(=O)O)ccc1NC(=O)NCCC1CC1. The number of carbonyl (C=O) groups excluding carboxylic acids is 1. The number of anilines is 1. The second-order valence-corrected chi connectivity index (χ2v) is 4.95. The summed E-state index contributed by atoms with van der Waals surface area (Å²) in [5, 5.41) is 14.4. The van der Waals surface area contributed by atoms with Crippen LogP contribution in [0.15, 0.2) is 18.2 Å². The Morgan fingerprint density at radius 1 is 1.37 bits per heavy atom. The third-order valence-electron chi connectivity index (χ3n) is 3.26. The topological polar surface area (TPSA) is 78.4 Å². The van der Waals surface area contributed by atoms with E-state index in [1.807, 2.05) is 0 Å². The van der Waals surface area contributed by atoms with Crippen molar-refractivity contribution in [1.29, 1.82) is 0 Å². The molecule has 1 aromatic carbocycles. The zero-order chi connectivity index (χ0) is 13.8. The van der Waals surface area contributed by atoms with Crippen LogP contribution in [0.25, 0.3) is 0 Å². The van der Waals surface area contributed by atoms with Crippen molar-refractivity contribution in [2.75, 3.05) is 11.9 Å². The van der Waals surface area contributed by atoms with Crippen molar-refractivity contribution in [3.8, 4) is 0 Å². The molecule has 0 heterocycles. The number of hydrogen-bond donors (Lipinski definition) is 3. The number of aryl methyl sites for hydroxylation is 1. The molecule has 19 heavy (non-hydrogen) atoms. The predicted molar refractivity (Wildman–Crippen MR) is 72.5 cm³/mol. The van der Waals surface area contributed by atoms with Gasteiger partial charge in [0.05, 0.1) is 5.56 Å². The molecule has 0 aliphatic heterocycles. The molecule has 1 saturated carbocycles. The lowest BCUT2D eigenvalue weighted by Gasteiger charge is -2.10. The van der Waals surface area contributed by atoms with Crippen molar-refractivity contribution < 1.29 is 14.7 Å². The number of rotatable bonds is 5. The Hall–Kier alpha value is -2.04. The van der Waals surface area contributed by atoms with E-state index >= 15 is 0 Å². The van der Waals surface area contributed by atoms with Crippen molar-refractivity contribution in [3.63, 3.8) is 0 Å². The minimum Gasteiger partial charge on any atom is -0.478 e. The summed E-state index contributed by atoms with van der Waals surface area (Å²) in [5.41, 5.74) is 1.59. The molecule has 1 aliphatic rings. The Morgan fingerprint density at radius 3 is 2.68 bits per heavy atom. The first kappa shape index (κ1) is 13.4. The third-order valence-corrected chi connectivity index (χ3v) is 3.26. The van der Waals surface area contributed by atoms with Crippen LogP contribution in [0.1, 0.15) is 35.2 Å². The van der Waals surface area contributed by atoms with E-state index in [4.69, 9.17) is 5.11 Å². The van der Waals surface area contributed by atoms with Crippen LogP contribution < -0.4 is 10.6 Å². The minimum atomic E-state index is -0.969. The highest BCUT2D eigenvalue weighted by molar-refractivity contribution is 5.92. The summed E-state index contributed by atoms with van der Waals surface area (Å²) in [6.45, 7) is 2.45. The molecule has 0 aromatic heterocycles. The second kappa shape index (κ2) is 5.73. The lowest BCUT2D eigenvalue weighted by molar-refractivity contribution is 0.0697. The molecular weight excluding hydrogens is 244 g/mol. The van der Waals surface area contributed by atoms with E-state index in [1.54, 1.807) is 19.1 Å². The van der Waals surface area contributed by atoms with E-state index in [9.17, 15) is 9.59 Å². The molecule has 0 unspecified atom stereocenters. The van der Waals surface area contributed by atoms with Crippen LogP contribution in [-0.2, 0) is 0 Å². The number of aromatic carboxylic acids is 1. The number of amides is 2. The molecule has 2 rings (SSSR count). The van der Waals surface area contributed by atoms with Crippen molar-refractivity contribution in [3.05, 3.63) is 29.3 Å². The summed E-state index contributed by atoms with van der Waals surface area (Å²) in [5.74, 6) is -0.180. The molecule has 1 fully saturated rings. The fourth-order valence-electron chi connectivity index (χ4n) is 1.90. The van der Waals surface area contributed by atoms with Crippen LogP contribution >= 0.6 is 0 Å². The highest BCUT2D eigenvalue weighted by Crippen LogP contribution is 2.31. The fraction of sp³-hybridized carbons (Fsp3) is 0.429. The number of urea groups is 1. The van der Waals surface area contributed by atoms with E-state index in [2.05, 4.69) is 10.6 Å². The maximum atomic E-state index is 11.6. The van der Waals surface area contributed by atoms with E-state index in [1.165, 1.54) is 18.9 Å². The average Bonchev–Trinajstić information content (AvgIpc) is 3.15. The molecule has 1 aromatic rings. The first-order chi connectivity index (χ1) is 9.06. The van der Waals surface area contributed by atoms with E-state index in [0.29, 0.717) is 12.2 Å². The summed E-state index contributed by atoms with van der Waals surface area (Å²) in [6, 6.07) is 4.39. The number of benzene rings is 1. The molecule has 5 heteroatoms. The van der Waals surface area contributed by atoms with E-state index in [-0.39, 0.29) is 11.6 Å². The first-order valence-electron chi connectivity index (χ1n) is 6.45. The number of carbonyl (C=O) groups is 2. The minimum absolute atomic E-state index is 0.220. The molecule has 102 valence electrons. The Labute approximate surface area is 112 Å². The van der Waals surface area contributed by atoms with Crippen LogP contribution in [0.3, 0.4) is 0 Å². The number of carboxylic acids is 1. The van der Waals surface area contributed by atoms with Gasteiger partial charge in [0.15, 0.2) is 0 Å². The van der Waals surface area contributed by atoms with Gasteiger partial charge in [-0.25, -0.2) is 9.59 Å². The van der Waals surface area contributed by atoms with Gasteiger partial charge in [-0.3, -0.25) is 0 Å². The van der Waals surface area contributed by atoms with Crippen LogP contribution in [0.4, 0.5) is 10.5 Å². The van der Waals surface area contributed by atoms with Gasteiger partial charge >= 0.3 is 12.0 Å². The molecule has 2 amide bonds. The normalized spacial score (nSPS) is 13.9.